The smallest absolute Gasteiger partial charge is 0.220 e. The summed E-state index contributed by atoms with van der Waals surface area (Å²) in [6.45, 7) is 2.97. The molecule has 1 aliphatic rings. The molecule has 0 unspecified atom stereocenters. The number of aryl methyl sites for hydroxylation is 2. The van der Waals surface area contributed by atoms with Crippen molar-refractivity contribution in [2.45, 2.75) is 57.1 Å². The highest BCUT2D eigenvalue weighted by molar-refractivity contribution is 7.99. The number of benzene rings is 1. The van der Waals surface area contributed by atoms with Crippen LogP contribution in [-0.2, 0) is 17.6 Å². The van der Waals surface area contributed by atoms with Gasteiger partial charge in [-0.2, -0.15) is 11.8 Å². The Balaban J connectivity index is 1.56. The van der Waals surface area contributed by atoms with Crippen LogP contribution in [0, 0.1) is 0 Å². The minimum absolute atomic E-state index is 0.182. The molecule has 0 spiro atoms. The molecule has 0 radical (unpaired) electrons. The third kappa shape index (κ3) is 6.13. The van der Waals surface area contributed by atoms with Crippen LogP contribution in [0.5, 0.6) is 0 Å². The lowest BCUT2D eigenvalue weighted by Gasteiger charge is -2.09. The zero-order chi connectivity index (χ0) is 14.9. The molecule has 1 fully saturated rings. The normalized spacial score (nSPS) is 15.3. The third-order valence-corrected chi connectivity index (χ3v) is 5.53. The van der Waals surface area contributed by atoms with Crippen molar-refractivity contribution < 1.29 is 4.79 Å². The fourth-order valence-electron chi connectivity index (χ4n) is 2.76. The molecule has 1 aromatic rings. The molecule has 116 valence electrons. The van der Waals surface area contributed by atoms with Gasteiger partial charge in [0.05, 0.1) is 0 Å². The van der Waals surface area contributed by atoms with Gasteiger partial charge >= 0.3 is 0 Å². The average molecular weight is 305 g/mol. The Hall–Kier alpha value is -0.960. The van der Waals surface area contributed by atoms with Gasteiger partial charge in [0.2, 0.25) is 5.91 Å². The topological polar surface area (TPSA) is 29.1 Å². The number of rotatable bonds is 8. The zero-order valence-corrected chi connectivity index (χ0v) is 13.9. The van der Waals surface area contributed by atoms with E-state index < -0.39 is 0 Å². The zero-order valence-electron chi connectivity index (χ0n) is 13.1. The van der Waals surface area contributed by atoms with Crippen LogP contribution in [0.4, 0.5) is 0 Å². The number of nitrogens with one attached hydrogen (secondary N) is 1. The maximum atomic E-state index is 11.8. The van der Waals surface area contributed by atoms with E-state index in [-0.39, 0.29) is 5.91 Å². The van der Waals surface area contributed by atoms with Crippen LogP contribution in [0.2, 0.25) is 0 Å². The van der Waals surface area contributed by atoms with Crippen molar-refractivity contribution in [3.8, 4) is 0 Å². The van der Waals surface area contributed by atoms with Crippen molar-refractivity contribution in [1.29, 1.82) is 0 Å². The molecule has 2 rings (SSSR count). The molecule has 1 aromatic carbocycles. The standard InChI is InChI=1S/C18H27NOS/c1-2-15-7-9-16(10-8-15)11-12-18(20)19-13-14-21-17-5-3-4-6-17/h7-10,17H,2-6,11-14H2,1H3,(H,19,20). The van der Waals surface area contributed by atoms with E-state index >= 15 is 0 Å². The molecule has 0 saturated heterocycles. The van der Waals surface area contributed by atoms with Gasteiger partial charge in [-0.3, -0.25) is 4.79 Å². The van der Waals surface area contributed by atoms with E-state index in [0.717, 1.165) is 30.4 Å². The van der Waals surface area contributed by atoms with Crippen LogP contribution < -0.4 is 5.32 Å². The van der Waals surface area contributed by atoms with E-state index in [1.807, 2.05) is 11.8 Å². The third-order valence-electron chi connectivity index (χ3n) is 4.15. The predicted octanol–water partition coefficient (Wildman–Crippen LogP) is 3.97. The SMILES string of the molecule is CCc1ccc(CCC(=O)NCCSC2CCCC2)cc1. The Morgan fingerprint density at radius 1 is 1.19 bits per heavy atom. The summed E-state index contributed by atoms with van der Waals surface area (Å²) in [6.07, 6.45) is 8.02. The second kappa shape index (κ2) is 9.14. The van der Waals surface area contributed by atoms with E-state index in [2.05, 4.69) is 36.5 Å². The van der Waals surface area contributed by atoms with Gasteiger partial charge < -0.3 is 5.32 Å². The Morgan fingerprint density at radius 2 is 1.86 bits per heavy atom. The van der Waals surface area contributed by atoms with E-state index in [9.17, 15) is 4.79 Å². The fourth-order valence-corrected chi connectivity index (χ4v) is 3.98. The van der Waals surface area contributed by atoms with E-state index in [0.29, 0.717) is 6.42 Å². The van der Waals surface area contributed by atoms with Crippen LogP contribution in [0.15, 0.2) is 24.3 Å². The molecule has 0 atom stereocenters. The van der Waals surface area contributed by atoms with Crippen molar-refractivity contribution in [2.75, 3.05) is 12.3 Å². The molecule has 3 heteroatoms. The van der Waals surface area contributed by atoms with Crippen LogP contribution >= 0.6 is 11.8 Å². The first kappa shape index (κ1) is 16.4. The van der Waals surface area contributed by atoms with Gasteiger partial charge in [0.25, 0.3) is 0 Å². The summed E-state index contributed by atoms with van der Waals surface area (Å²) in [5.74, 6) is 1.24. The molecule has 1 N–H and O–H groups in total. The molecule has 1 saturated carbocycles. The monoisotopic (exact) mass is 305 g/mol. The molecule has 1 aliphatic carbocycles. The largest absolute Gasteiger partial charge is 0.355 e. The fraction of sp³-hybridized carbons (Fsp3) is 0.611. The summed E-state index contributed by atoms with van der Waals surface area (Å²) >= 11 is 2.03. The van der Waals surface area contributed by atoms with Crippen LogP contribution in [-0.4, -0.2) is 23.5 Å². The first-order valence-electron chi connectivity index (χ1n) is 8.24. The highest BCUT2D eigenvalue weighted by Crippen LogP contribution is 2.28. The summed E-state index contributed by atoms with van der Waals surface area (Å²) < 4.78 is 0. The van der Waals surface area contributed by atoms with Crippen molar-refractivity contribution in [3.63, 3.8) is 0 Å². The molecule has 0 aliphatic heterocycles. The van der Waals surface area contributed by atoms with Gasteiger partial charge in [0, 0.05) is 24.0 Å². The number of hydrogen-bond acceptors (Lipinski definition) is 2. The lowest BCUT2D eigenvalue weighted by molar-refractivity contribution is -0.120. The summed E-state index contributed by atoms with van der Waals surface area (Å²) in [5, 5.41) is 3.89. The maximum Gasteiger partial charge on any atom is 0.220 e. The number of carbonyl (C=O) groups excluding carboxylic acids is 1. The predicted molar refractivity (Wildman–Crippen MR) is 91.9 cm³/mol. The number of thioether (sulfide) groups is 1. The molecule has 0 heterocycles. The Kier molecular flexibility index (Phi) is 7.14. The first-order chi connectivity index (χ1) is 10.3. The quantitative estimate of drug-likeness (QED) is 0.736. The Labute approximate surface area is 133 Å². The molecular weight excluding hydrogens is 278 g/mol. The summed E-state index contributed by atoms with van der Waals surface area (Å²) in [4.78, 5) is 11.8. The molecule has 21 heavy (non-hydrogen) atoms. The minimum atomic E-state index is 0.182. The maximum absolute atomic E-state index is 11.8. The van der Waals surface area contributed by atoms with Gasteiger partial charge in [-0.15, -0.1) is 0 Å². The first-order valence-corrected chi connectivity index (χ1v) is 9.29. The molecule has 2 nitrogen and oxygen atoms in total. The van der Waals surface area contributed by atoms with Crippen LogP contribution in [0.1, 0.15) is 50.2 Å². The number of amides is 1. The van der Waals surface area contributed by atoms with Gasteiger partial charge in [-0.25, -0.2) is 0 Å². The van der Waals surface area contributed by atoms with Crippen LogP contribution in [0.3, 0.4) is 0 Å². The second-order valence-electron chi connectivity index (χ2n) is 5.80. The van der Waals surface area contributed by atoms with Crippen LogP contribution in [0.25, 0.3) is 0 Å². The summed E-state index contributed by atoms with van der Waals surface area (Å²) in [6, 6.07) is 8.60. The molecular formula is C18H27NOS. The number of hydrogen-bond donors (Lipinski definition) is 1. The highest BCUT2D eigenvalue weighted by atomic mass is 32.2. The van der Waals surface area contributed by atoms with E-state index in [1.165, 1.54) is 36.8 Å². The summed E-state index contributed by atoms with van der Waals surface area (Å²) in [7, 11) is 0. The van der Waals surface area contributed by atoms with Crippen molar-refractivity contribution in [2.24, 2.45) is 0 Å². The van der Waals surface area contributed by atoms with E-state index in [4.69, 9.17) is 0 Å². The second-order valence-corrected chi connectivity index (χ2v) is 7.21. The van der Waals surface area contributed by atoms with Gasteiger partial charge in [0.1, 0.15) is 0 Å². The van der Waals surface area contributed by atoms with E-state index in [1.54, 1.807) is 0 Å². The Bertz CT molecular complexity index is 423. The number of carbonyl (C=O) groups is 1. The van der Waals surface area contributed by atoms with Crippen molar-refractivity contribution in [3.05, 3.63) is 35.4 Å². The van der Waals surface area contributed by atoms with Crippen molar-refractivity contribution >= 4 is 17.7 Å². The van der Waals surface area contributed by atoms with Crippen molar-refractivity contribution in [1.82, 2.24) is 5.32 Å². The minimum Gasteiger partial charge on any atom is -0.355 e. The Morgan fingerprint density at radius 3 is 2.52 bits per heavy atom. The van der Waals surface area contributed by atoms with Gasteiger partial charge in [-0.05, 0) is 36.8 Å². The molecule has 0 aromatic heterocycles. The lowest BCUT2D eigenvalue weighted by atomic mass is 10.1. The highest BCUT2D eigenvalue weighted by Gasteiger charge is 2.14. The summed E-state index contributed by atoms with van der Waals surface area (Å²) in [5.41, 5.74) is 2.61. The average Bonchev–Trinajstić information content (AvgIpc) is 3.03. The molecule has 0 bridgehead atoms. The van der Waals surface area contributed by atoms with Gasteiger partial charge in [0.15, 0.2) is 0 Å². The lowest BCUT2D eigenvalue weighted by Crippen LogP contribution is -2.26. The van der Waals surface area contributed by atoms with Gasteiger partial charge in [-0.1, -0.05) is 44.0 Å². The molecule has 1 amide bonds.